The maximum absolute atomic E-state index is 2.41. The summed E-state index contributed by atoms with van der Waals surface area (Å²) in [6.07, 6.45) is 0. The van der Waals surface area contributed by atoms with Gasteiger partial charge in [-0.2, -0.15) is 0 Å². The highest BCUT2D eigenvalue weighted by atomic mass is 15.1. The molecule has 4 aromatic carbocycles. The van der Waals surface area contributed by atoms with Crippen molar-refractivity contribution in [2.75, 3.05) is 4.90 Å². The molecule has 0 radical (unpaired) electrons. The van der Waals surface area contributed by atoms with E-state index in [-0.39, 0.29) is 5.41 Å². The first-order valence-electron chi connectivity index (χ1n) is 11.0. The standard InChI is InChI=1S/C30H29N/c1-20-9-14-23(15-10-20)31(24-16-11-21(2)12-17-24)28-8-6-7-26-29(28)25-18-13-22(3)19-27(25)30(26,4)5/h6-19H,1-5H3. The molecule has 0 unspecified atom stereocenters. The summed E-state index contributed by atoms with van der Waals surface area (Å²) in [5.41, 5.74) is 13.0. The molecule has 154 valence electrons. The van der Waals surface area contributed by atoms with E-state index in [1.807, 2.05) is 0 Å². The maximum atomic E-state index is 2.41. The van der Waals surface area contributed by atoms with Gasteiger partial charge in [0.25, 0.3) is 0 Å². The van der Waals surface area contributed by atoms with Crippen molar-refractivity contribution in [1.82, 2.24) is 0 Å². The van der Waals surface area contributed by atoms with E-state index in [1.165, 1.54) is 56.0 Å². The van der Waals surface area contributed by atoms with E-state index < -0.39 is 0 Å². The number of anilines is 3. The summed E-state index contributed by atoms with van der Waals surface area (Å²) in [6.45, 7) is 11.2. The Bertz CT molecular complexity index is 1220. The lowest BCUT2D eigenvalue weighted by atomic mass is 9.82. The van der Waals surface area contributed by atoms with Crippen molar-refractivity contribution in [3.63, 3.8) is 0 Å². The Morgan fingerprint density at radius 2 is 1.13 bits per heavy atom. The van der Waals surface area contributed by atoms with Gasteiger partial charge in [0.15, 0.2) is 0 Å². The number of aryl methyl sites for hydroxylation is 3. The number of fused-ring (bicyclic) bond motifs is 3. The predicted molar refractivity (Wildman–Crippen MR) is 133 cm³/mol. The fraction of sp³-hybridized carbons (Fsp3) is 0.200. The molecule has 0 saturated carbocycles. The molecular formula is C30H29N. The third-order valence-electron chi connectivity index (χ3n) is 6.66. The van der Waals surface area contributed by atoms with Gasteiger partial charge in [0, 0.05) is 22.4 Å². The van der Waals surface area contributed by atoms with Gasteiger partial charge in [0.2, 0.25) is 0 Å². The minimum atomic E-state index is -0.0150. The van der Waals surface area contributed by atoms with Gasteiger partial charge in [-0.15, -0.1) is 0 Å². The average molecular weight is 404 g/mol. The van der Waals surface area contributed by atoms with E-state index in [9.17, 15) is 0 Å². The normalized spacial score (nSPS) is 13.6. The second kappa shape index (κ2) is 7.13. The summed E-state index contributed by atoms with van der Waals surface area (Å²) < 4.78 is 0. The molecule has 1 aliphatic carbocycles. The Balaban J connectivity index is 1.80. The highest BCUT2D eigenvalue weighted by molar-refractivity contribution is 5.95. The summed E-state index contributed by atoms with van der Waals surface area (Å²) in [6, 6.07) is 31.4. The Morgan fingerprint density at radius 3 is 1.71 bits per heavy atom. The van der Waals surface area contributed by atoms with Gasteiger partial charge in [0.05, 0.1) is 5.69 Å². The molecule has 0 atom stereocenters. The number of nitrogens with zero attached hydrogens (tertiary/aromatic N) is 1. The molecule has 31 heavy (non-hydrogen) atoms. The van der Waals surface area contributed by atoms with Crippen molar-refractivity contribution in [2.45, 2.75) is 40.0 Å². The molecule has 5 rings (SSSR count). The van der Waals surface area contributed by atoms with Gasteiger partial charge in [-0.3, -0.25) is 0 Å². The summed E-state index contributed by atoms with van der Waals surface area (Å²) in [4.78, 5) is 2.41. The van der Waals surface area contributed by atoms with Crippen LogP contribution in [0.3, 0.4) is 0 Å². The average Bonchev–Trinajstić information content (AvgIpc) is 2.98. The zero-order chi connectivity index (χ0) is 21.8. The van der Waals surface area contributed by atoms with E-state index in [0.29, 0.717) is 0 Å². The van der Waals surface area contributed by atoms with Crippen LogP contribution < -0.4 is 4.90 Å². The van der Waals surface area contributed by atoms with E-state index in [2.05, 4.69) is 124 Å². The van der Waals surface area contributed by atoms with Crippen LogP contribution in [0.2, 0.25) is 0 Å². The fourth-order valence-corrected chi connectivity index (χ4v) is 4.88. The highest BCUT2D eigenvalue weighted by Gasteiger charge is 2.37. The van der Waals surface area contributed by atoms with Crippen LogP contribution in [0.25, 0.3) is 11.1 Å². The van der Waals surface area contributed by atoms with Crippen molar-refractivity contribution in [1.29, 1.82) is 0 Å². The van der Waals surface area contributed by atoms with E-state index in [4.69, 9.17) is 0 Å². The smallest absolute Gasteiger partial charge is 0.0543 e. The molecule has 0 aromatic heterocycles. The summed E-state index contributed by atoms with van der Waals surface area (Å²) in [7, 11) is 0. The van der Waals surface area contributed by atoms with Crippen LogP contribution in [-0.4, -0.2) is 0 Å². The van der Waals surface area contributed by atoms with Gasteiger partial charge in [0.1, 0.15) is 0 Å². The van der Waals surface area contributed by atoms with Crippen LogP contribution in [0.4, 0.5) is 17.1 Å². The van der Waals surface area contributed by atoms with Gasteiger partial charge in [-0.05, 0) is 67.8 Å². The minimum absolute atomic E-state index is 0.0150. The van der Waals surface area contributed by atoms with Crippen molar-refractivity contribution in [3.8, 4) is 11.1 Å². The van der Waals surface area contributed by atoms with Crippen LogP contribution >= 0.6 is 0 Å². The second-order valence-corrected chi connectivity index (χ2v) is 9.38. The molecule has 0 fully saturated rings. The number of rotatable bonds is 3. The summed E-state index contributed by atoms with van der Waals surface area (Å²) >= 11 is 0. The lowest BCUT2D eigenvalue weighted by Crippen LogP contribution is -2.16. The van der Waals surface area contributed by atoms with Crippen LogP contribution in [0, 0.1) is 20.8 Å². The molecule has 1 aliphatic rings. The summed E-state index contributed by atoms with van der Waals surface area (Å²) in [5, 5.41) is 0. The Morgan fingerprint density at radius 1 is 0.581 bits per heavy atom. The molecule has 4 aromatic rings. The van der Waals surface area contributed by atoms with Gasteiger partial charge in [-0.1, -0.05) is 85.1 Å². The molecule has 0 spiro atoms. The largest absolute Gasteiger partial charge is 0.310 e. The molecule has 0 saturated heterocycles. The minimum Gasteiger partial charge on any atom is -0.310 e. The van der Waals surface area contributed by atoms with Crippen LogP contribution in [0.5, 0.6) is 0 Å². The molecule has 0 heterocycles. The first-order valence-corrected chi connectivity index (χ1v) is 11.0. The zero-order valence-corrected chi connectivity index (χ0v) is 19.0. The third-order valence-corrected chi connectivity index (χ3v) is 6.66. The van der Waals surface area contributed by atoms with Gasteiger partial charge >= 0.3 is 0 Å². The SMILES string of the molecule is Cc1ccc(N(c2ccc(C)cc2)c2cccc3c2-c2ccc(C)cc2C3(C)C)cc1. The number of benzene rings is 4. The number of hydrogen-bond acceptors (Lipinski definition) is 1. The van der Waals surface area contributed by atoms with Crippen molar-refractivity contribution < 1.29 is 0 Å². The maximum Gasteiger partial charge on any atom is 0.0543 e. The lowest BCUT2D eigenvalue weighted by molar-refractivity contribution is 0.660. The van der Waals surface area contributed by atoms with Crippen molar-refractivity contribution in [3.05, 3.63) is 113 Å². The second-order valence-electron chi connectivity index (χ2n) is 9.38. The first kappa shape index (κ1) is 19.6. The van der Waals surface area contributed by atoms with E-state index in [1.54, 1.807) is 0 Å². The Labute approximate surface area is 186 Å². The first-order chi connectivity index (χ1) is 14.9. The van der Waals surface area contributed by atoms with Crippen molar-refractivity contribution in [2.24, 2.45) is 0 Å². The van der Waals surface area contributed by atoms with Gasteiger partial charge in [-0.25, -0.2) is 0 Å². The molecular weight excluding hydrogens is 374 g/mol. The number of hydrogen-bond donors (Lipinski definition) is 0. The predicted octanol–water partition coefficient (Wildman–Crippen LogP) is 8.39. The van der Waals surface area contributed by atoms with E-state index in [0.717, 1.165) is 0 Å². The molecule has 0 aliphatic heterocycles. The quantitative estimate of drug-likeness (QED) is 0.332. The lowest BCUT2D eigenvalue weighted by Gasteiger charge is -2.29. The fourth-order valence-electron chi connectivity index (χ4n) is 4.88. The van der Waals surface area contributed by atoms with Crippen LogP contribution in [-0.2, 0) is 5.41 Å². The molecule has 0 amide bonds. The van der Waals surface area contributed by atoms with Crippen LogP contribution in [0.1, 0.15) is 41.7 Å². The van der Waals surface area contributed by atoms with Crippen molar-refractivity contribution >= 4 is 17.1 Å². The molecule has 0 bridgehead atoms. The van der Waals surface area contributed by atoms with Crippen LogP contribution in [0.15, 0.2) is 84.9 Å². The van der Waals surface area contributed by atoms with Gasteiger partial charge < -0.3 is 4.90 Å². The molecule has 1 nitrogen and oxygen atoms in total. The Kier molecular flexibility index (Phi) is 4.51. The molecule has 0 N–H and O–H groups in total. The highest BCUT2D eigenvalue weighted by Crippen LogP contribution is 2.54. The third kappa shape index (κ3) is 3.16. The summed E-state index contributed by atoms with van der Waals surface area (Å²) in [5.74, 6) is 0. The zero-order valence-electron chi connectivity index (χ0n) is 19.0. The Hall–Kier alpha value is -3.32. The topological polar surface area (TPSA) is 3.24 Å². The molecule has 1 heteroatoms. The monoisotopic (exact) mass is 403 g/mol. The van der Waals surface area contributed by atoms with E-state index >= 15 is 0 Å².